The molecule has 4 nitrogen and oxygen atoms in total. The molecule has 0 aliphatic rings. The van der Waals surface area contributed by atoms with E-state index in [9.17, 15) is 49.1 Å². The summed E-state index contributed by atoms with van der Waals surface area (Å²) in [5, 5.41) is 0. The minimum Gasteiger partial charge on any atom is -0.459 e. The summed E-state index contributed by atoms with van der Waals surface area (Å²) in [4.78, 5) is 21.6. The predicted molar refractivity (Wildman–Crippen MR) is 53.1 cm³/mol. The first-order chi connectivity index (χ1) is 9.99. The van der Waals surface area contributed by atoms with E-state index in [0.29, 0.717) is 0 Å². The van der Waals surface area contributed by atoms with Gasteiger partial charge in [0, 0.05) is 6.92 Å². The van der Waals surface area contributed by atoms with Gasteiger partial charge in [-0.05, 0) is 0 Å². The third-order valence-corrected chi connectivity index (χ3v) is 2.17. The van der Waals surface area contributed by atoms with Crippen molar-refractivity contribution in [3.63, 3.8) is 0 Å². The molecule has 23 heavy (non-hydrogen) atoms. The fourth-order valence-electron chi connectivity index (χ4n) is 0.771. The molecule has 0 atom stereocenters. The van der Waals surface area contributed by atoms with Crippen molar-refractivity contribution in [2.75, 3.05) is 13.2 Å². The minimum atomic E-state index is -6.01. The molecule has 0 amide bonds. The van der Waals surface area contributed by atoms with Crippen LogP contribution in [0.5, 0.6) is 0 Å². The number of carbonyl (C=O) groups is 2. The molecule has 0 rings (SSSR count). The van der Waals surface area contributed by atoms with E-state index in [1.807, 2.05) is 0 Å². The molecule has 0 aromatic carbocycles. The molecule has 0 N–H and O–H groups in total. The average Bonchev–Trinajstić information content (AvgIpc) is 2.31. The van der Waals surface area contributed by atoms with Crippen molar-refractivity contribution in [3.05, 3.63) is 0 Å². The van der Waals surface area contributed by atoms with Gasteiger partial charge in [-0.2, -0.15) is 30.7 Å². The van der Waals surface area contributed by atoms with Crippen LogP contribution in [0, 0.1) is 0 Å². The van der Waals surface area contributed by atoms with E-state index in [4.69, 9.17) is 0 Å². The van der Waals surface area contributed by atoms with E-state index in [2.05, 4.69) is 9.47 Å². The molecule has 0 bridgehead atoms. The Balaban J connectivity index is 4.36. The van der Waals surface area contributed by atoms with Gasteiger partial charge in [-0.3, -0.25) is 9.59 Å². The number of halogens is 9. The summed E-state index contributed by atoms with van der Waals surface area (Å²) in [6, 6.07) is 0. The highest BCUT2D eigenvalue weighted by Gasteiger charge is 2.58. The number of esters is 2. The molecule has 0 unspecified atom stereocenters. The fourth-order valence-corrected chi connectivity index (χ4v) is 0.771. The number of carbonyl (C=O) groups excluding carboxylic acids is 2. The van der Waals surface area contributed by atoms with Crippen LogP contribution in [0.3, 0.4) is 0 Å². The van der Waals surface area contributed by atoms with E-state index in [1.165, 1.54) is 0 Å². The van der Waals surface area contributed by atoms with Crippen molar-refractivity contribution < 1.29 is 58.6 Å². The van der Waals surface area contributed by atoms with Crippen LogP contribution >= 0.6 is 0 Å². The highest BCUT2D eigenvalue weighted by molar-refractivity contribution is 5.91. The van der Waals surface area contributed by atoms with Crippen LogP contribution in [0.15, 0.2) is 0 Å². The highest BCUT2D eigenvalue weighted by atomic mass is 19.4. The molecule has 13 heteroatoms. The Bertz CT molecular complexity index is 399. The maximum absolute atomic E-state index is 12.7. The summed E-state index contributed by atoms with van der Waals surface area (Å²) in [7, 11) is 0. The molecule has 0 fully saturated rings. The van der Waals surface area contributed by atoms with Gasteiger partial charge in [-0.25, -0.2) is 8.78 Å². The van der Waals surface area contributed by atoms with Crippen LogP contribution in [-0.2, 0) is 19.1 Å². The van der Waals surface area contributed by atoms with E-state index >= 15 is 0 Å². The molecule has 0 aliphatic carbocycles. The molecular weight excluding hydrogens is 355 g/mol. The molecule has 0 aliphatic heterocycles. The number of ether oxygens (including phenoxy) is 2. The number of hydrogen-bond acceptors (Lipinski definition) is 4. The van der Waals surface area contributed by atoms with Gasteiger partial charge in [0.15, 0.2) is 13.2 Å². The third-order valence-electron chi connectivity index (χ3n) is 2.17. The van der Waals surface area contributed by atoms with Crippen molar-refractivity contribution in [2.24, 2.45) is 0 Å². The summed E-state index contributed by atoms with van der Waals surface area (Å²) in [6.45, 7) is -4.73. The fraction of sp³-hybridized carbons (Fsp3) is 0.800. The van der Waals surface area contributed by atoms with Crippen LogP contribution < -0.4 is 0 Å². The van der Waals surface area contributed by atoms with Gasteiger partial charge in [0.2, 0.25) is 0 Å². The Morgan fingerprint density at radius 1 is 0.739 bits per heavy atom. The maximum atomic E-state index is 12.7. The summed E-state index contributed by atoms with van der Waals surface area (Å²) in [5.74, 6) is -18.5. The van der Waals surface area contributed by atoms with E-state index < -0.39 is 55.5 Å². The van der Waals surface area contributed by atoms with E-state index in [0.717, 1.165) is 0 Å². The molecule has 0 heterocycles. The van der Waals surface area contributed by atoms with Crippen molar-refractivity contribution in [1.29, 1.82) is 0 Å². The number of hydrogen-bond donors (Lipinski definition) is 0. The van der Waals surface area contributed by atoms with Crippen molar-refractivity contribution in [1.82, 2.24) is 0 Å². The lowest BCUT2D eigenvalue weighted by atomic mass is 10.2. The van der Waals surface area contributed by atoms with Crippen LogP contribution in [0.1, 0.15) is 13.3 Å². The number of alkyl halides is 9. The van der Waals surface area contributed by atoms with Crippen molar-refractivity contribution in [2.45, 2.75) is 37.3 Å². The van der Waals surface area contributed by atoms with Gasteiger partial charge >= 0.3 is 35.9 Å². The summed E-state index contributed by atoms with van der Waals surface area (Å²) in [6.07, 6.45) is -7.62. The third kappa shape index (κ3) is 6.52. The smallest absolute Gasteiger partial charge is 0.456 e. The van der Waals surface area contributed by atoms with Gasteiger partial charge in [-0.1, -0.05) is 0 Å². The molecule has 0 radical (unpaired) electrons. The molecular formula is C10H9F9O4. The van der Waals surface area contributed by atoms with E-state index in [-0.39, 0.29) is 6.92 Å². The van der Waals surface area contributed by atoms with Crippen LogP contribution in [0.25, 0.3) is 0 Å². The van der Waals surface area contributed by atoms with Gasteiger partial charge in [0.05, 0.1) is 0 Å². The van der Waals surface area contributed by atoms with Gasteiger partial charge < -0.3 is 9.47 Å². The lowest BCUT2D eigenvalue weighted by molar-refractivity contribution is -0.294. The number of rotatable bonds is 7. The van der Waals surface area contributed by atoms with Crippen molar-refractivity contribution >= 4 is 11.9 Å². The van der Waals surface area contributed by atoms with Gasteiger partial charge in [-0.15, -0.1) is 0 Å². The first-order valence-corrected chi connectivity index (χ1v) is 5.51. The molecule has 0 aromatic rings. The first-order valence-electron chi connectivity index (χ1n) is 5.51. The standard InChI is InChI=1S/C10H9F9O4/c1-7(11,12)8(13,14)3-22-5(20)2-6(21)23-4-9(15,16)10(17,18)19/h2-4H2,1H3. The SMILES string of the molecule is CC(F)(F)C(F)(F)COC(=O)CC(=O)OCC(F)(F)C(F)(F)F. The van der Waals surface area contributed by atoms with Gasteiger partial charge in [0.25, 0.3) is 0 Å². The summed E-state index contributed by atoms with van der Waals surface area (Å²) >= 11 is 0. The van der Waals surface area contributed by atoms with Crippen LogP contribution in [0.2, 0.25) is 0 Å². The monoisotopic (exact) mass is 364 g/mol. The zero-order valence-electron chi connectivity index (χ0n) is 11.2. The highest BCUT2D eigenvalue weighted by Crippen LogP contribution is 2.35. The Morgan fingerprint density at radius 3 is 1.39 bits per heavy atom. The lowest BCUT2D eigenvalue weighted by Crippen LogP contribution is -2.43. The summed E-state index contributed by atoms with van der Waals surface area (Å²) in [5.41, 5.74) is 0. The topological polar surface area (TPSA) is 52.6 Å². The zero-order chi connectivity index (χ0) is 18.7. The predicted octanol–water partition coefficient (Wildman–Crippen LogP) is 2.95. The van der Waals surface area contributed by atoms with Crippen LogP contribution in [0.4, 0.5) is 39.5 Å². The Morgan fingerprint density at radius 2 is 1.09 bits per heavy atom. The zero-order valence-corrected chi connectivity index (χ0v) is 11.2. The molecule has 0 saturated carbocycles. The second kappa shape index (κ2) is 6.83. The second-order valence-electron chi connectivity index (χ2n) is 4.29. The molecule has 0 saturated heterocycles. The largest absolute Gasteiger partial charge is 0.459 e. The Labute approximate surface area is 122 Å². The van der Waals surface area contributed by atoms with E-state index in [1.54, 1.807) is 0 Å². The Kier molecular flexibility index (Phi) is 6.32. The summed E-state index contributed by atoms with van der Waals surface area (Å²) < 4.78 is 117. The minimum absolute atomic E-state index is 0.172. The molecule has 0 spiro atoms. The second-order valence-corrected chi connectivity index (χ2v) is 4.29. The van der Waals surface area contributed by atoms with Gasteiger partial charge in [0.1, 0.15) is 6.42 Å². The maximum Gasteiger partial charge on any atom is 0.456 e. The Hall–Kier alpha value is -1.69. The van der Waals surface area contributed by atoms with Crippen LogP contribution in [-0.4, -0.2) is 49.1 Å². The lowest BCUT2D eigenvalue weighted by Gasteiger charge is -2.22. The quantitative estimate of drug-likeness (QED) is 0.396. The molecule has 0 aromatic heterocycles. The normalized spacial score (nSPS) is 13.7. The molecule has 136 valence electrons. The average molecular weight is 364 g/mol. The van der Waals surface area contributed by atoms with Crippen molar-refractivity contribution in [3.8, 4) is 0 Å². The first kappa shape index (κ1) is 21.3.